The van der Waals surface area contributed by atoms with Crippen LogP contribution >= 0.6 is 15.9 Å². The van der Waals surface area contributed by atoms with E-state index < -0.39 is 0 Å². The van der Waals surface area contributed by atoms with Gasteiger partial charge < -0.3 is 9.80 Å². The number of halogens is 1. The molecule has 0 aliphatic carbocycles. The van der Waals surface area contributed by atoms with Crippen LogP contribution in [0, 0.1) is 10.1 Å². The number of nitrogens with zero attached hydrogens (tertiary/aromatic N) is 5. The Bertz CT molecular complexity index is 730. The molecule has 0 unspecified atom stereocenters. The summed E-state index contributed by atoms with van der Waals surface area (Å²) in [6.45, 7) is 1.80. The van der Waals surface area contributed by atoms with Gasteiger partial charge in [-0.05, 0) is 48.6 Å². The number of nitro groups is 1. The summed E-state index contributed by atoms with van der Waals surface area (Å²) < 4.78 is 2.29. The fourth-order valence-corrected chi connectivity index (χ4v) is 3.21. The lowest BCUT2D eigenvalue weighted by Crippen LogP contribution is -2.31. The summed E-state index contributed by atoms with van der Waals surface area (Å²) in [5.41, 5.74) is 1.49. The molecule has 0 N–H and O–H groups in total. The Balaban J connectivity index is 1.93. The number of nitro benzene ring substituents is 1. The molecule has 2 heterocycles. The molecular weight excluding hydrogens is 362 g/mol. The van der Waals surface area contributed by atoms with Gasteiger partial charge in [0.05, 0.1) is 4.92 Å². The molecule has 1 fully saturated rings. The van der Waals surface area contributed by atoms with Crippen molar-refractivity contribution >= 4 is 27.3 Å². The van der Waals surface area contributed by atoms with Crippen LogP contribution in [0.5, 0.6) is 0 Å². The van der Waals surface area contributed by atoms with Crippen molar-refractivity contribution in [1.82, 2.24) is 14.5 Å². The normalized spacial score (nSPS) is 17.9. The van der Waals surface area contributed by atoms with E-state index in [4.69, 9.17) is 0 Å². The average molecular weight is 380 g/mol. The van der Waals surface area contributed by atoms with E-state index in [1.807, 2.05) is 6.07 Å². The molecule has 0 spiro atoms. The maximum absolute atomic E-state index is 11.5. The number of hydrogen-bond acceptors (Lipinski definition) is 5. The first kappa shape index (κ1) is 15.9. The molecule has 0 amide bonds. The lowest BCUT2D eigenvalue weighted by Gasteiger charge is -2.22. The molecule has 23 heavy (non-hydrogen) atoms. The minimum Gasteiger partial charge on any atom is -0.370 e. The van der Waals surface area contributed by atoms with Gasteiger partial charge in [0.25, 0.3) is 5.69 Å². The first-order valence-corrected chi connectivity index (χ1v) is 8.14. The Morgan fingerprint density at radius 2 is 2.22 bits per heavy atom. The van der Waals surface area contributed by atoms with Gasteiger partial charge in [-0.2, -0.15) is 0 Å². The largest absolute Gasteiger partial charge is 0.370 e. The molecule has 8 heteroatoms. The lowest BCUT2D eigenvalue weighted by atomic mass is 10.2. The third-order valence-electron chi connectivity index (χ3n) is 4.24. The minimum atomic E-state index is -0.341. The van der Waals surface area contributed by atoms with Gasteiger partial charge in [-0.15, -0.1) is 0 Å². The highest BCUT2D eigenvalue weighted by atomic mass is 79.9. The fraction of sp³-hybridized carbons (Fsp3) is 0.400. The van der Waals surface area contributed by atoms with E-state index in [2.05, 4.69) is 44.8 Å². The van der Waals surface area contributed by atoms with Crippen molar-refractivity contribution in [2.45, 2.75) is 12.5 Å². The molecule has 0 bridgehead atoms. The molecule has 1 saturated heterocycles. The molecule has 1 aliphatic rings. The molecule has 0 saturated carbocycles. The summed E-state index contributed by atoms with van der Waals surface area (Å²) in [6, 6.07) is 5.86. The van der Waals surface area contributed by atoms with Crippen molar-refractivity contribution in [3.05, 3.63) is 45.4 Å². The number of aromatic nitrogens is 2. The van der Waals surface area contributed by atoms with E-state index in [0.29, 0.717) is 16.3 Å². The van der Waals surface area contributed by atoms with E-state index in [0.717, 1.165) is 25.2 Å². The summed E-state index contributed by atoms with van der Waals surface area (Å²) in [6.07, 6.45) is 4.33. The number of hydrogen-bond donors (Lipinski definition) is 0. The van der Waals surface area contributed by atoms with Crippen molar-refractivity contribution < 1.29 is 4.92 Å². The van der Waals surface area contributed by atoms with E-state index in [1.165, 1.54) is 0 Å². The van der Waals surface area contributed by atoms with Crippen molar-refractivity contribution in [2.75, 3.05) is 32.1 Å². The van der Waals surface area contributed by atoms with Crippen LogP contribution in [0.3, 0.4) is 0 Å². The van der Waals surface area contributed by atoms with Crippen LogP contribution in [0.2, 0.25) is 0 Å². The van der Waals surface area contributed by atoms with Crippen LogP contribution in [0.25, 0.3) is 5.69 Å². The molecule has 2 aromatic rings. The van der Waals surface area contributed by atoms with Gasteiger partial charge in [-0.3, -0.25) is 14.7 Å². The second-order valence-electron chi connectivity index (χ2n) is 5.89. The first-order chi connectivity index (χ1) is 11.0. The van der Waals surface area contributed by atoms with E-state index >= 15 is 0 Å². The maximum atomic E-state index is 11.5. The third kappa shape index (κ3) is 3.23. The predicted molar refractivity (Wildman–Crippen MR) is 92.2 cm³/mol. The van der Waals surface area contributed by atoms with Gasteiger partial charge >= 0.3 is 0 Å². The predicted octanol–water partition coefficient (Wildman–Crippen LogP) is 2.68. The zero-order chi connectivity index (χ0) is 16.6. The average Bonchev–Trinajstić information content (AvgIpc) is 3.15. The van der Waals surface area contributed by atoms with Crippen LogP contribution in [-0.2, 0) is 0 Å². The monoisotopic (exact) mass is 379 g/mol. The van der Waals surface area contributed by atoms with Crippen LogP contribution in [0.4, 0.5) is 11.4 Å². The molecule has 1 aromatic carbocycles. The smallest absolute Gasteiger partial charge is 0.295 e. The van der Waals surface area contributed by atoms with Crippen molar-refractivity contribution in [3.63, 3.8) is 0 Å². The fourth-order valence-electron chi connectivity index (χ4n) is 2.90. The van der Waals surface area contributed by atoms with E-state index in [-0.39, 0.29) is 10.6 Å². The molecule has 122 valence electrons. The van der Waals surface area contributed by atoms with Gasteiger partial charge in [0.2, 0.25) is 0 Å². The molecule has 7 nitrogen and oxygen atoms in total. The summed E-state index contributed by atoms with van der Waals surface area (Å²) in [4.78, 5) is 19.6. The van der Waals surface area contributed by atoms with Crippen molar-refractivity contribution in [1.29, 1.82) is 0 Å². The molecule has 1 aliphatic heterocycles. The highest BCUT2D eigenvalue weighted by Gasteiger charge is 2.26. The van der Waals surface area contributed by atoms with Gasteiger partial charge in [-0.25, -0.2) is 4.98 Å². The van der Waals surface area contributed by atoms with Crippen LogP contribution < -0.4 is 4.90 Å². The van der Waals surface area contributed by atoms with Gasteiger partial charge in [0.1, 0.15) is 16.6 Å². The molecule has 1 atom stereocenters. The quantitative estimate of drug-likeness (QED) is 0.603. The van der Waals surface area contributed by atoms with Crippen molar-refractivity contribution in [2.24, 2.45) is 0 Å². The summed E-state index contributed by atoms with van der Waals surface area (Å²) in [5, 5.41) is 11.5. The maximum Gasteiger partial charge on any atom is 0.295 e. The van der Waals surface area contributed by atoms with Crippen LogP contribution in [0.1, 0.15) is 6.42 Å². The lowest BCUT2D eigenvalue weighted by molar-refractivity contribution is -0.384. The Labute approximate surface area is 142 Å². The van der Waals surface area contributed by atoms with Crippen molar-refractivity contribution in [3.8, 4) is 5.69 Å². The summed E-state index contributed by atoms with van der Waals surface area (Å²) in [7, 11) is 4.13. The topological polar surface area (TPSA) is 67.4 Å². The van der Waals surface area contributed by atoms with E-state index in [9.17, 15) is 10.1 Å². The first-order valence-electron chi connectivity index (χ1n) is 7.35. The Morgan fingerprint density at radius 3 is 2.78 bits per heavy atom. The highest BCUT2D eigenvalue weighted by Crippen LogP contribution is 2.31. The van der Waals surface area contributed by atoms with Crippen LogP contribution in [0.15, 0.2) is 35.3 Å². The summed E-state index contributed by atoms with van der Waals surface area (Å²) in [5.74, 6) is 0. The highest BCUT2D eigenvalue weighted by molar-refractivity contribution is 9.10. The second-order valence-corrected chi connectivity index (χ2v) is 6.70. The van der Waals surface area contributed by atoms with Gasteiger partial charge in [-0.1, -0.05) is 0 Å². The Hall–Kier alpha value is -1.93. The third-order valence-corrected chi connectivity index (χ3v) is 4.65. The number of likely N-dealkylation sites (N-methyl/N-ethyl adjacent to an activating group) is 1. The zero-order valence-corrected chi connectivity index (χ0v) is 14.6. The molecule has 1 aromatic heterocycles. The SMILES string of the molecule is CN(C)[C@@H]1CCN(c2ccc(-n3cnc(Br)c3)c([N+](=O)[O-])c2)C1. The Kier molecular flexibility index (Phi) is 4.36. The number of anilines is 1. The molecule has 3 rings (SSSR count). The summed E-state index contributed by atoms with van der Waals surface area (Å²) >= 11 is 3.26. The van der Waals surface area contributed by atoms with E-state index in [1.54, 1.807) is 29.2 Å². The van der Waals surface area contributed by atoms with Crippen LogP contribution in [-0.4, -0.2) is 52.6 Å². The second kappa shape index (κ2) is 6.29. The number of rotatable bonds is 4. The number of benzene rings is 1. The molecule has 0 radical (unpaired) electrons. The Morgan fingerprint density at radius 1 is 1.43 bits per heavy atom. The zero-order valence-electron chi connectivity index (χ0n) is 13.0. The van der Waals surface area contributed by atoms with Gasteiger partial charge in [0.15, 0.2) is 0 Å². The molecular formula is C15H18BrN5O2. The van der Waals surface area contributed by atoms with Gasteiger partial charge in [0, 0.05) is 37.1 Å². The minimum absolute atomic E-state index is 0.0840. The number of imidazole rings is 1. The standard InChI is InChI=1S/C15H18BrN5O2/c1-18(2)12-5-6-19(8-12)11-3-4-13(14(7-11)21(22)23)20-9-15(16)17-10-20/h3-4,7,9-10,12H,5-6,8H2,1-2H3/t12-/m1/s1.